The van der Waals surface area contributed by atoms with E-state index < -0.39 is 12.1 Å². The Morgan fingerprint density at radius 3 is 2.75 bits per heavy atom. The molecule has 20 heavy (non-hydrogen) atoms. The van der Waals surface area contributed by atoms with Crippen molar-refractivity contribution in [3.05, 3.63) is 11.4 Å². The number of aromatic carboxylic acids is 1. The molecule has 0 aliphatic rings. The Balaban J connectivity index is 2.59. The summed E-state index contributed by atoms with van der Waals surface area (Å²) in [7, 11) is 0. The molecule has 0 amide bonds. The summed E-state index contributed by atoms with van der Waals surface area (Å²) in [6.45, 7) is 5.05. The first-order valence-electron chi connectivity index (χ1n) is 7.01. The summed E-state index contributed by atoms with van der Waals surface area (Å²) in [6.07, 6.45) is 2.64. The number of aromatic nitrogens is 3. The number of carboxylic acid groups (broad SMARTS) is 1. The molecule has 114 valence electrons. The van der Waals surface area contributed by atoms with E-state index in [9.17, 15) is 9.90 Å². The second-order valence-corrected chi connectivity index (χ2v) is 4.70. The van der Waals surface area contributed by atoms with Gasteiger partial charge in [-0.25, -0.2) is 9.48 Å². The maximum atomic E-state index is 11.0. The van der Waals surface area contributed by atoms with Crippen molar-refractivity contribution >= 4 is 5.97 Å². The topological polar surface area (TPSA) is 97.5 Å². The van der Waals surface area contributed by atoms with Crippen LogP contribution < -0.4 is 0 Å². The quantitative estimate of drug-likeness (QED) is 0.625. The molecule has 0 saturated carbocycles. The van der Waals surface area contributed by atoms with Crippen LogP contribution in [0.25, 0.3) is 0 Å². The van der Waals surface area contributed by atoms with E-state index in [0.29, 0.717) is 18.7 Å². The molecule has 0 aliphatic heterocycles. The van der Waals surface area contributed by atoms with Gasteiger partial charge in [0.15, 0.2) is 5.69 Å². The molecule has 1 unspecified atom stereocenters. The predicted octanol–water partition coefficient (Wildman–Crippen LogP) is 1.11. The third-order valence-corrected chi connectivity index (χ3v) is 2.86. The maximum Gasteiger partial charge on any atom is 0.358 e. The molecule has 2 N–H and O–H groups in total. The number of hydrogen-bond donors (Lipinski definition) is 2. The van der Waals surface area contributed by atoms with Crippen LogP contribution in [0, 0.1) is 0 Å². The molecule has 0 aromatic carbocycles. The first kappa shape index (κ1) is 16.6. The summed E-state index contributed by atoms with van der Waals surface area (Å²) in [6, 6.07) is 0. The van der Waals surface area contributed by atoms with Crippen LogP contribution in [0.3, 0.4) is 0 Å². The molecule has 1 heterocycles. The largest absolute Gasteiger partial charge is 0.476 e. The van der Waals surface area contributed by atoms with Crippen molar-refractivity contribution in [2.45, 2.75) is 52.2 Å². The highest BCUT2D eigenvalue weighted by atomic mass is 16.5. The summed E-state index contributed by atoms with van der Waals surface area (Å²) in [4.78, 5) is 11.0. The van der Waals surface area contributed by atoms with Crippen LogP contribution in [-0.2, 0) is 17.7 Å². The van der Waals surface area contributed by atoms with E-state index in [4.69, 9.17) is 9.84 Å². The van der Waals surface area contributed by atoms with Gasteiger partial charge in [0.05, 0.1) is 24.9 Å². The lowest BCUT2D eigenvalue weighted by atomic mass is 10.2. The Labute approximate surface area is 118 Å². The van der Waals surface area contributed by atoms with Crippen molar-refractivity contribution in [3.63, 3.8) is 0 Å². The number of aliphatic hydroxyl groups excluding tert-OH is 1. The van der Waals surface area contributed by atoms with E-state index in [1.807, 2.05) is 6.92 Å². The summed E-state index contributed by atoms with van der Waals surface area (Å²) in [5, 5.41) is 26.4. The Morgan fingerprint density at radius 2 is 2.15 bits per heavy atom. The molecule has 0 fully saturated rings. The van der Waals surface area contributed by atoms with Gasteiger partial charge in [-0.1, -0.05) is 31.9 Å². The minimum Gasteiger partial charge on any atom is -0.476 e. The van der Waals surface area contributed by atoms with Crippen molar-refractivity contribution < 1.29 is 19.7 Å². The number of hydrogen-bond acceptors (Lipinski definition) is 5. The molecule has 0 bridgehead atoms. The predicted molar refractivity (Wildman–Crippen MR) is 72.7 cm³/mol. The van der Waals surface area contributed by atoms with E-state index in [1.165, 1.54) is 4.68 Å². The van der Waals surface area contributed by atoms with Gasteiger partial charge < -0.3 is 14.9 Å². The molecule has 1 aromatic heterocycles. The number of rotatable bonds is 10. The molecule has 0 saturated heterocycles. The number of carboxylic acids is 1. The number of aliphatic hydroxyl groups is 1. The molecular formula is C13H23N3O4. The van der Waals surface area contributed by atoms with Gasteiger partial charge in [0.1, 0.15) is 0 Å². The average Bonchev–Trinajstić information content (AvgIpc) is 2.78. The molecule has 7 nitrogen and oxygen atoms in total. The van der Waals surface area contributed by atoms with Crippen LogP contribution >= 0.6 is 0 Å². The van der Waals surface area contributed by atoms with Gasteiger partial charge in [-0.15, -0.1) is 5.10 Å². The van der Waals surface area contributed by atoms with E-state index in [0.717, 1.165) is 19.3 Å². The first-order valence-corrected chi connectivity index (χ1v) is 7.01. The Hall–Kier alpha value is -1.47. The summed E-state index contributed by atoms with van der Waals surface area (Å²) < 4.78 is 6.79. The Morgan fingerprint density at radius 1 is 1.40 bits per heavy atom. The van der Waals surface area contributed by atoms with Gasteiger partial charge in [0.2, 0.25) is 0 Å². The van der Waals surface area contributed by atoms with Crippen LogP contribution in [0.15, 0.2) is 0 Å². The van der Waals surface area contributed by atoms with Crippen molar-refractivity contribution in [3.8, 4) is 0 Å². The van der Waals surface area contributed by atoms with Gasteiger partial charge in [-0.2, -0.15) is 0 Å². The zero-order chi connectivity index (χ0) is 15.0. The minimum atomic E-state index is -1.09. The summed E-state index contributed by atoms with van der Waals surface area (Å²) in [5.41, 5.74) is 0.513. The minimum absolute atomic E-state index is 0.0362. The third kappa shape index (κ3) is 4.90. The second kappa shape index (κ2) is 8.65. The molecular weight excluding hydrogens is 262 g/mol. The lowest BCUT2D eigenvalue weighted by molar-refractivity contribution is 0.0246. The van der Waals surface area contributed by atoms with E-state index in [2.05, 4.69) is 17.2 Å². The van der Waals surface area contributed by atoms with Crippen molar-refractivity contribution in [2.24, 2.45) is 0 Å². The number of carbonyl (C=O) groups is 1. The van der Waals surface area contributed by atoms with Crippen LogP contribution in [0.1, 0.15) is 49.3 Å². The standard InChI is InChI=1S/C13H23N3O4/c1-3-5-7-20-9-10(17)8-16-11(6-4-2)12(13(18)19)14-15-16/h10,17H,3-9H2,1-2H3,(H,18,19). The fourth-order valence-electron chi connectivity index (χ4n) is 1.85. The summed E-state index contributed by atoms with van der Waals surface area (Å²) >= 11 is 0. The van der Waals surface area contributed by atoms with Gasteiger partial charge in [0.25, 0.3) is 0 Å². The average molecular weight is 285 g/mol. The van der Waals surface area contributed by atoms with Crippen LogP contribution in [0.5, 0.6) is 0 Å². The number of unbranched alkanes of at least 4 members (excludes halogenated alkanes) is 1. The highest BCUT2D eigenvalue weighted by molar-refractivity contribution is 5.86. The number of nitrogens with zero attached hydrogens (tertiary/aromatic N) is 3. The van der Waals surface area contributed by atoms with Crippen molar-refractivity contribution in [1.29, 1.82) is 0 Å². The van der Waals surface area contributed by atoms with Gasteiger partial charge in [-0.05, 0) is 12.8 Å². The van der Waals surface area contributed by atoms with Crippen LogP contribution in [0.2, 0.25) is 0 Å². The molecule has 0 radical (unpaired) electrons. The maximum absolute atomic E-state index is 11.0. The smallest absolute Gasteiger partial charge is 0.358 e. The highest BCUT2D eigenvalue weighted by Gasteiger charge is 2.19. The zero-order valence-corrected chi connectivity index (χ0v) is 12.1. The van der Waals surface area contributed by atoms with Crippen LogP contribution in [0.4, 0.5) is 0 Å². The normalized spacial score (nSPS) is 12.6. The van der Waals surface area contributed by atoms with Crippen molar-refractivity contribution in [2.75, 3.05) is 13.2 Å². The zero-order valence-electron chi connectivity index (χ0n) is 12.1. The van der Waals surface area contributed by atoms with Crippen molar-refractivity contribution in [1.82, 2.24) is 15.0 Å². The fraction of sp³-hybridized carbons (Fsp3) is 0.769. The molecule has 0 aliphatic carbocycles. The van der Waals surface area contributed by atoms with Crippen LogP contribution in [-0.4, -0.2) is 50.5 Å². The summed E-state index contributed by atoms with van der Waals surface area (Å²) in [5.74, 6) is -1.09. The molecule has 1 atom stereocenters. The Kier molecular flexibility index (Phi) is 7.17. The first-order chi connectivity index (χ1) is 9.60. The van der Waals surface area contributed by atoms with E-state index in [1.54, 1.807) is 0 Å². The SMILES string of the molecule is CCCCOCC(O)Cn1nnc(C(=O)O)c1CCC. The molecule has 1 rings (SSSR count). The molecule has 7 heteroatoms. The van der Waals surface area contributed by atoms with Gasteiger partial charge >= 0.3 is 5.97 Å². The third-order valence-electron chi connectivity index (χ3n) is 2.86. The van der Waals surface area contributed by atoms with Gasteiger partial charge in [-0.3, -0.25) is 0 Å². The lowest BCUT2D eigenvalue weighted by Crippen LogP contribution is -2.24. The monoisotopic (exact) mass is 285 g/mol. The molecule has 1 aromatic rings. The molecule has 0 spiro atoms. The highest BCUT2D eigenvalue weighted by Crippen LogP contribution is 2.09. The lowest BCUT2D eigenvalue weighted by Gasteiger charge is -2.12. The van der Waals surface area contributed by atoms with E-state index >= 15 is 0 Å². The second-order valence-electron chi connectivity index (χ2n) is 4.70. The number of ether oxygens (including phenoxy) is 1. The van der Waals surface area contributed by atoms with Gasteiger partial charge in [0, 0.05) is 6.61 Å². The Bertz CT molecular complexity index is 420. The van der Waals surface area contributed by atoms with E-state index in [-0.39, 0.29) is 18.8 Å². The fourth-order valence-corrected chi connectivity index (χ4v) is 1.85.